The van der Waals surface area contributed by atoms with Gasteiger partial charge in [0, 0.05) is 25.7 Å². The summed E-state index contributed by atoms with van der Waals surface area (Å²) in [5, 5.41) is 8.84. The summed E-state index contributed by atoms with van der Waals surface area (Å²) in [5.74, 6) is 0.286. The van der Waals surface area contributed by atoms with E-state index in [0.717, 1.165) is 12.0 Å². The van der Waals surface area contributed by atoms with Gasteiger partial charge in [-0.2, -0.15) is 0 Å². The van der Waals surface area contributed by atoms with E-state index >= 15 is 0 Å². The van der Waals surface area contributed by atoms with Crippen molar-refractivity contribution >= 4 is 12.1 Å². The van der Waals surface area contributed by atoms with Gasteiger partial charge in [-0.15, -0.1) is 0 Å². The molecule has 132 valence electrons. The first-order valence-corrected chi connectivity index (χ1v) is 8.66. The van der Waals surface area contributed by atoms with Gasteiger partial charge in [0.05, 0.1) is 6.04 Å². The molecule has 1 aliphatic heterocycles. The molecule has 0 spiro atoms. The highest BCUT2D eigenvalue weighted by molar-refractivity contribution is 5.76. The van der Waals surface area contributed by atoms with Crippen molar-refractivity contribution in [1.29, 1.82) is 0 Å². The number of benzene rings is 1. The first kappa shape index (κ1) is 18.1. The van der Waals surface area contributed by atoms with Gasteiger partial charge in [0.1, 0.15) is 0 Å². The fraction of sp³-hybridized carbons (Fsp3) is 0.556. The number of hydrogen-bond acceptors (Lipinski definition) is 2. The molecule has 2 atom stereocenters. The van der Waals surface area contributed by atoms with Crippen LogP contribution >= 0.6 is 0 Å². The summed E-state index contributed by atoms with van der Waals surface area (Å²) in [5.41, 5.74) is 1.10. The third-order valence-electron chi connectivity index (χ3n) is 4.25. The smallest absolute Gasteiger partial charge is 0.317 e. The van der Waals surface area contributed by atoms with Gasteiger partial charge >= 0.3 is 12.1 Å². The maximum absolute atomic E-state index is 12.3. The molecule has 0 saturated carbocycles. The van der Waals surface area contributed by atoms with Crippen LogP contribution in [0.1, 0.15) is 38.8 Å². The molecule has 0 aliphatic carbocycles. The normalized spacial score (nSPS) is 18.3. The van der Waals surface area contributed by atoms with Crippen LogP contribution in [0.2, 0.25) is 0 Å². The quantitative estimate of drug-likeness (QED) is 0.775. The zero-order valence-electron chi connectivity index (χ0n) is 14.7. The minimum absolute atomic E-state index is 0.00353. The van der Waals surface area contributed by atoms with E-state index in [4.69, 9.17) is 0 Å². The highest BCUT2D eigenvalue weighted by atomic mass is 16.2. The second-order valence-corrected chi connectivity index (χ2v) is 6.52. The van der Waals surface area contributed by atoms with Crippen LogP contribution in [0.15, 0.2) is 30.3 Å². The molecule has 24 heavy (non-hydrogen) atoms. The van der Waals surface area contributed by atoms with Gasteiger partial charge in [0.15, 0.2) is 0 Å². The predicted octanol–water partition coefficient (Wildman–Crippen LogP) is 2.49. The van der Waals surface area contributed by atoms with E-state index in [-0.39, 0.29) is 30.1 Å². The maximum atomic E-state index is 12.3. The standard InChI is InChI=1S/C18H28N4O2/c1-4-19-18(24)22-11-10-15(12-22)20-17(23)21-16(13(2)3)14-8-6-5-7-9-14/h5-9,13,15-16H,4,10-12H2,1-3H3,(H,19,24)(H2,20,21,23)/t15-,16+/m0/s1. The number of hydrogen-bond donors (Lipinski definition) is 3. The van der Waals surface area contributed by atoms with Gasteiger partial charge in [-0.3, -0.25) is 0 Å². The molecular formula is C18H28N4O2. The van der Waals surface area contributed by atoms with Gasteiger partial charge in [-0.25, -0.2) is 9.59 Å². The topological polar surface area (TPSA) is 73.5 Å². The van der Waals surface area contributed by atoms with Gasteiger partial charge in [0.2, 0.25) is 0 Å². The van der Waals surface area contributed by atoms with Crippen LogP contribution in [0.4, 0.5) is 9.59 Å². The molecular weight excluding hydrogens is 304 g/mol. The molecule has 6 heteroatoms. The summed E-state index contributed by atoms with van der Waals surface area (Å²) in [6, 6.07) is 9.69. The molecule has 1 aromatic carbocycles. The first-order valence-electron chi connectivity index (χ1n) is 8.66. The predicted molar refractivity (Wildman–Crippen MR) is 94.7 cm³/mol. The fourth-order valence-electron chi connectivity index (χ4n) is 2.99. The van der Waals surface area contributed by atoms with E-state index in [1.54, 1.807) is 4.90 Å². The molecule has 1 heterocycles. The highest BCUT2D eigenvalue weighted by Gasteiger charge is 2.28. The second-order valence-electron chi connectivity index (χ2n) is 6.52. The van der Waals surface area contributed by atoms with Gasteiger partial charge < -0.3 is 20.9 Å². The molecule has 1 fully saturated rings. The summed E-state index contributed by atoms with van der Waals surface area (Å²) >= 11 is 0. The zero-order valence-corrected chi connectivity index (χ0v) is 14.7. The molecule has 0 bridgehead atoms. The fourth-order valence-corrected chi connectivity index (χ4v) is 2.99. The van der Waals surface area contributed by atoms with Gasteiger partial charge in [0.25, 0.3) is 0 Å². The van der Waals surface area contributed by atoms with E-state index in [9.17, 15) is 9.59 Å². The van der Waals surface area contributed by atoms with Crippen LogP contribution in [-0.2, 0) is 0 Å². The third-order valence-corrected chi connectivity index (χ3v) is 4.25. The molecule has 3 N–H and O–H groups in total. The SMILES string of the molecule is CCNC(=O)N1CC[C@H](NC(=O)N[C@@H](c2ccccc2)C(C)C)C1. The lowest BCUT2D eigenvalue weighted by atomic mass is 9.96. The Balaban J connectivity index is 1.87. The van der Waals surface area contributed by atoms with Crippen LogP contribution in [0.5, 0.6) is 0 Å². The molecule has 1 aromatic rings. The highest BCUT2D eigenvalue weighted by Crippen LogP contribution is 2.21. The Morgan fingerprint density at radius 2 is 1.96 bits per heavy atom. The summed E-state index contributed by atoms with van der Waals surface area (Å²) in [7, 11) is 0. The number of nitrogens with one attached hydrogen (secondary N) is 3. The third kappa shape index (κ3) is 4.88. The summed E-state index contributed by atoms with van der Waals surface area (Å²) < 4.78 is 0. The van der Waals surface area contributed by atoms with Crippen molar-refractivity contribution in [3.63, 3.8) is 0 Å². The lowest BCUT2D eigenvalue weighted by Crippen LogP contribution is -2.46. The molecule has 1 saturated heterocycles. The van der Waals surface area contributed by atoms with Crippen LogP contribution in [0, 0.1) is 5.92 Å². The summed E-state index contributed by atoms with van der Waals surface area (Å²) in [4.78, 5) is 25.9. The lowest BCUT2D eigenvalue weighted by molar-refractivity contribution is 0.207. The second kappa shape index (κ2) is 8.57. The van der Waals surface area contributed by atoms with Crippen molar-refractivity contribution in [2.45, 2.75) is 39.3 Å². The van der Waals surface area contributed by atoms with E-state index < -0.39 is 0 Å². The number of likely N-dealkylation sites (tertiary alicyclic amines) is 1. The molecule has 6 nitrogen and oxygen atoms in total. The minimum atomic E-state index is -0.180. The van der Waals surface area contributed by atoms with Crippen molar-refractivity contribution in [3.05, 3.63) is 35.9 Å². The Kier molecular flexibility index (Phi) is 6.46. The van der Waals surface area contributed by atoms with Crippen molar-refractivity contribution in [2.24, 2.45) is 5.92 Å². The Morgan fingerprint density at radius 1 is 1.25 bits per heavy atom. The molecule has 1 aliphatic rings. The monoisotopic (exact) mass is 332 g/mol. The van der Waals surface area contributed by atoms with Crippen LogP contribution < -0.4 is 16.0 Å². The van der Waals surface area contributed by atoms with Crippen molar-refractivity contribution < 1.29 is 9.59 Å². The van der Waals surface area contributed by atoms with E-state index in [1.165, 1.54) is 0 Å². The Labute approximate surface area is 144 Å². The molecule has 2 rings (SSSR count). The number of carbonyl (C=O) groups is 2. The summed E-state index contributed by atoms with van der Waals surface area (Å²) in [6.07, 6.45) is 0.780. The number of amides is 4. The maximum Gasteiger partial charge on any atom is 0.317 e. The zero-order chi connectivity index (χ0) is 17.5. The van der Waals surface area contributed by atoms with Crippen LogP contribution in [0.3, 0.4) is 0 Å². The average molecular weight is 332 g/mol. The Morgan fingerprint density at radius 3 is 2.58 bits per heavy atom. The molecule has 0 unspecified atom stereocenters. The number of urea groups is 2. The van der Waals surface area contributed by atoms with Gasteiger partial charge in [-0.05, 0) is 24.8 Å². The van der Waals surface area contributed by atoms with Crippen molar-refractivity contribution in [2.75, 3.05) is 19.6 Å². The molecule has 0 radical (unpaired) electrons. The number of nitrogens with zero attached hydrogens (tertiary/aromatic N) is 1. The Bertz CT molecular complexity index is 547. The van der Waals surface area contributed by atoms with E-state index in [0.29, 0.717) is 19.6 Å². The average Bonchev–Trinajstić information content (AvgIpc) is 3.02. The summed E-state index contributed by atoms with van der Waals surface area (Å²) in [6.45, 7) is 7.91. The largest absolute Gasteiger partial charge is 0.338 e. The Hall–Kier alpha value is -2.24. The van der Waals surface area contributed by atoms with Crippen molar-refractivity contribution in [1.82, 2.24) is 20.9 Å². The van der Waals surface area contributed by atoms with Crippen molar-refractivity contribution in [3.8, 4) is 0 Å². The first-order chi connectivity index (χ1) is 11.5. The minimum Gasteiger partial charge on any atom is -0.338 e. The molecule has 0 aromatic heterocycles. The lowest BCUT2D eigenvalue weighted by Gasteiger charge is -2.24. The van der Waals surface area contributed by atoms with Crippen LogP contribution in [-0.4, -0.2) is 42.6 Å². The van der Waals surface area contributed by atoms with Crippen LogP contribution in [0.25, 0.3) is 0 Å². The number of rotatable bonds is 5. The van der Waals surface area contributed by atoms with E-state index in [2.05, 4.69) is 29.8 Å². The number of carbonyl (C=O) groups excluding carboxylic acids is 2. The molecule has 4 amide bonds. The van der Waals surface area contributed by atoms with E-state index in [1.807, 2.05) is 37.3 Å². The van der Waals surface area contributed by atoms with Gasteiger partial charge in [-0.1, -0.05) is 44.2 Å².